The van der Waals surface area contributed by atoms with Crippen molar-refractivity contribution in [1.82, 2.24) is 0 Å². The molecule has 0 N–H and O–H groups in total. The van der Waals surface area contributed by atoms with Gasteiger partial charge in [-0.2, -0.15) is 13.2 Å². The summed E-state index contributed by atoms with van der Waals surface area (Å²) in [6.07, 6.45) is -4.43. The molecule has 0 aliphatic carbocycles. The number of hydrogen-bond acceptors (Lipinski definition) is 1. The molecule has 0 spiro atoms. The van der Waals surface area contributed by atoms with Crippen LogP contribution in [-0.2, 0) is 6.18 Å². The zero-order chi connectivity index (χ0) is 13.2. The predicted octanol–water partition coefficient (Wildman–Crippen LogP) is 4.35. The highest BCUT2D eigenvalue weighted by Crippen LogP contribution is 2.33. The third-order valence-corrected chi connectivity index (χ3v) is 4.58. The Hall–Kier alpha value is -0.360. The standard InChI is InChI=1S/C11H9Br2F3O/c1-6-7(10(17)9(13)5-12)3-2-4-8(6)11(14,15)16/h2-4,9H,5H2,1H3. The molecule has 0 aliphatic heterocycles. The fourth-order valence-electron chi connectivity index (χ4n) is 1.45. The van der Waals surface area contributed by atoms with Crippen molar-refractivity contribution in [2.45, 2.75) is 17.9 Å². The molecule has 1 aromatic carbocycles. The van der Waals surface area contributed by atoms with Gasteiger partial charge in [-0.3, -0.25) is 4.79 Å². The second kappa shape index (κ2) is 5.52. The number of rotatable bonds is 3. The monoisotopic (exact) mass is 372 g/mol. The maximum absolute atomic E-state index is 12.6. The lowest BCUT2D eigenvalue weighted by Gasteiger charge is -2.14. The topological polar surface area (TPSA) is 17.1 Å². The van der Waals surface area contributed by atoms with Crippen LogP contribution in [0.25, 0.3) is 0 Å². The number of Topliss-reactive ketones (excluding diaryl/α,β-unsaturated/α-hetero) is 1. The molecule has 0 saturated carbocycles. The zero-order valence-electron chi connectivity index (χ0n) is 8.81. The first kappa shape index (κ1) is 14.7. The van der Waals surface area contributed by atoms with Gasteiger partial charge in [-0.15, -0.1) is 0 Å². The molecule has 0 aromatic heterocycles. The van der Waals surface area contributed by atoms with E-state index in [0.29, 0.717) is 5.33 Å². The molecular weight excluding hydrogens is 365 g/mol. The van der Waals surface area contributed by atoms with Crippen molar-refractivity contribution >= 4 is 37.6 Å². The van der Waals surface area contributed by atoms with Gasteiger partial charge in [0.25, 0.3) is 0 Å². The zero-order valence-corrected chi connectivity index (χ0v) is 12.0. The van der Waals surface area contributed by atoms with Crippen LogP contribution in [0.15, 0.2) is 18.2 Å². The molecule has 1 atom stereocenters. The van der Waals surface area contributed by atoms with Crippen LogP contribution in [0.4, 0.5) is 13.2 Å². The smallest absolute Gasteiger partial charge is 0.293 e. The molecule has 0 saturated heterocycles. The Kier molecular flexibility index (Phi) is 4.77. The van der Waals surface area contributed by atoms with Crippen LogP contribution < -0.4 is 0 Å². The minimum Gasteiger partial charge on any atom is -0.293 e. The van der Waals surface area contributed by atoms with Crippen LogP contribution in [0.2, 0.25) is 0 Å². The number of carbonyl (C=O) groups is 1. The van der Waals surface area contributed by atoms with E-state index < -0.39 is 16.6 Å². The van der Waals surface area contributed by atoms with Crippen LogP contribution in [0.1, 0.15) is 21.5 Å². The van der Waals surface area contributed by atoms with Gasteiger partial charge in [-0.1, -0.05) is 44.0 Å². The summed E-state index contributed by atoms with van der Waals surface area (Å²) in [6, 6.07) is 3.63. The van der Waals surface area contributed by atoms with Gasteiger partial charge in [0.2, 0.25) is 0 Å². The molecule has 0 amide bonds. The minimum atomic E-state index is -4.43. The van der Waals surface area contributed by atoms with Crippen molar-refractivity contribution in [3.63, 3.8) is 0 Å². The van der Waals surface area contributed by atoms with Gasteiger partial charge in [-0.25, -0.2) is 0 Å². The molecular formula is C11H9Br2F3O. The Balaban J connectivity index is 3.24. The first-order valence-electron chi connectivity index (χ1n) is 4.70. The highest BCUT2D eigenvalue weighted by atomic mass is 79.9. The van der Waals surface area contributed by atoms with Crippen LogP contribution in [0.3, 0.4) is 0 Å². The second-order valence-electron chi connectivity index (χ2n) is 3.46. The van der Waals surface area contributed by atoms with Gasteiger partial charge in [0.1, 0.15) is 0 Å². The summed E-state index contributed by atoms with van der Waals surface area (Å²) in [6.45, 7) is 1.31. The number of hydrogen-bond donors (Lipinski definition) is 0. The Bertz CT molecular complexity index is 429. The van der Waals surface area contributed by atoms with Gasteiger partial charge in [0.05, 0.1) is 10.4 Å². The van der Waals surface area contributed by atoms with Gasteiger partial charge in [0.15, 0.2) is 5.78 Å². The summed E-state index contributed by atoms with van der Waals surface area (Å²) in [5.41, 5.74) is -0.700. The van der Waals surface area contributed by atoms with E-state index in [1.807, 2.05) is 0 Å². The van der Waals surface area contributed by atoms with E-state index in [4.69, 9.17) is 0 Å². The van der Waals surface area contributed by atoms with E-state index in [-0.39, 0.29) is 16.9 Å². The molecule has 0 aliphatic rings. The quantitative estimate of drug-likeness (QED) is 0.568. The average molecular weight is 374 g/mol. The van der Waals surface area contributed by atoms with Crippen molar-refractivity contribution in [3.05, 3.63) is 34.9 Å². The largest absolute Gasteiger partial charge is 0.416 e. The lowest BCUT2D eigenvalue weighted by atomic mass is 9.98. The molecule has 1 aromatic rings. The summed E-state index contributed by atoms with van der Waals surface area (Å²) in [7, 11) is 0. The maximum Gasteiger partial charge on any atom is 0.416 e. The van der Waals surface area contributed by atoms with Gasteiger partial charge >= 0.3 is 6.18 Å². The molecule has 94 valence electrons. The highest BCUT2D eigenvalue weighted by Gasteiger charge is 2.34. The Morgan fingerprint density at radius 3 is 2.47 bits per heavy atom. The molecule has 17 heavy (non-hydrogen) atoms. The van der Waals surface area contributed by atoms with Crippen LogP contribution in [-0.4, -0.2) is 15.9 Å². The number of alkyl halides is 5. The minimum absolute atomic E-state index is 0.0320. The van der Waals surface area contributed by atoms with Crippen LogP contribution in [0.5, 0.6) is 0 Å². The van der Waals surface area contributed by atoms with Crippen LogP contribution in [0, 0.1) is 6.92 Å². The van der Waals surface area contributed by atoms with Crippen molar-refractivity contribution < 1.29 is 18.0 Å². The van der Waals surface area contributed by atoms with Gasteiger partial charge in [-0.05, 0) is 18.6 Å². The molecule has 1 unspecified atom stereocenters. The van der Waals surface area contributed by atoms with Crippen LogP contribution >= 0.6 is 31.9 Å². The molecule has 0 bridgehead atoms. The predicted molar refractivity (Wildman–Crippen MR) is 67.0 cm³/mol. The number of ketones is 1. The van der Waals surface area contributed by atoms with E-state index in [2.05, 4.69) is 31.9 Å². The summed E-state index contributed by atoms with van der Waals surface area (Å²) >= 11 is 6.22. The normalized spacial score (nSPS) is 13.5. The first-order chi connectivity index (χ1) is 7.79. The molecule has 0 fully saturated rings. The Morgan fingerprint density at radius 2 is 2.00 bits per heavy atom. The summed E-state index contributed by atoms with van der Waals surface area (Å²) in [4.78, 5) is 11.3. The van der Waals surface area contributed by atoms with E-state index in [0.717, 1.165) is 6.07 Å². The molecule has 6 heteroatoms. The van der Waals surface area contributed by atoms with Gasteiger partial charge < -0.3 is 0 Å². The van der Waals surface area contributed by atoms with Crippen molar-refractivity contribution in [2.75, 3.05) is 5.33 Å². The van der Waals surface area contributed by atoms with E-state index in [9.17, 15) is 18.0 Å². The Labute approximate surface area is 114 Å². The molecule has 0 radical (unpaired) electrons. The molecule has 0 heterocycles. The van der Waals surface area contributed by atoms with Crippen molar-refractivity contribution in [2.24, 2.45) is 0 Å². The lowest BCUT2D eigenvalue weighted by molar-refractivity contribution is -0.138. The number of halogens is 5. The third kappa shape index (κ3) is 3.31. The summed E-state index contributed by atoms with van der Waals surface area (Å²) in [5, 5.41) is 0.349. The molecule has 1 nitrogen and oxygen atoms in total. The van der Waals surface area contributed by atoms with Crippen molar-refractivity contribution in [1.29, 1.82) is 0 Å². The van der Waals surface area contributed by atoms with E-state index in [1.165, 1.54) is 19.1 Å². The van der Waals surface area contributed by atoms with Crippen molar-refractivity contribution in [3.8, 4) is 0 Å². The first-order valence-corrected chi connectivity index (χ1v) is 6.73. The Morgan fingerprint density at radius 1 is 1.41 bits per heavy atom. The molecule has 1 rings (SSSR count). The SMILES string of the molecule is Cc1c(C(=O)C(Br)CBr)cccc1C(F)(F)F. The average Bonchev–Trinajstić information content (AvgIpc) is 2.25. The number of carbonyl (C=O) groups excluding carboxylic acids is 1. The fourth-order valence-corrected chi connectivity index (χ4v) is 1.99. The lowest BCUT2D eigenvalue weighted by Crippen LogP contribution is -2.19. The number of benzene rings is 1. The second-order valence-corrected chi connectivity index (χ2v) is 5.21. The summed E-state index contributed by atoms with van der Waals surface area (Å²) in [5.74, 6) is -0.356. The van der Waals surface area contributed by atoms with Gasteiger partial charge in [0, 0.05) is 10.9 Å². The fraction of sp³-hybridized carbons (Fsp3) is 0.364. The van der Waals surface area contributed by atoms with E-state index in [1.54, 1.807) is 0 Å². The maximum atomic E-state index is 12.6. The third-order valence-electron chi connectivity index (χ3n) is 2.32. The highest BCUT2D eigenvalue weighted by molar-refractivity contribution is 9.12. The summed E-state index contributed by atoms with van der Waals surface area (Å²) < 4.78 is 37.9. The van der Waals surface area contributed by atoms with E-state index >= 15 is 0 Å².